The number of aromatic nitrogens is 1. The van der Waals surface area contributed by atoms with Crippen molar-refractivity contribution in [1.29, 1.82) is 0 Å². The lowest BCUT2D eigenvalue weighted by Crippen LogP contribution is -2.56. The van der Waals surface area contributed by atoms with Crippen LogP contribution in [0.5, 0.6) is 5.75 Å². The highest BCUT2D eigenvalue weighted by Gasteiger charge is 2.47. The number of carboxylic acid groups (broad SMARTS) is 2. The third-order valence-electron chi connectivity index (χ3n) is 7.19. The van der Waals surface area contributed by atoms with Gasteiger partial charge in [0.05, 0.1) is 12.1 Å². The zero-order valence-electron chi connectivity index (χ0n) is 22.4. The van der Waals surface area contributed by atoms with Gasteiger partial charge >= 0.3 is 18.0 Å². The summed E-state index contributed by atoms with van der Waals surface area (Å²) in [5.74, 6) is -4.36. The number of fused-ring (bicyclic) bond motifs is 1. The van der Waals surface area contributed by atoms with E-state index in [2.05, 4.69) is 10.3 Å². The fourth-order valence-electron chi connectivity index (χ4n) is 4.74. The van der Waals surface area contributed by atoms with Crippen LogP contribution in [-0.4, -0.2) is 99.3 Å². The van der Waals surface area contributed by atoms with Gasteiger partial charge in [0.25, 0.3) is 5.91 Å². The fraction of sp³-hybridized carbons (Fsp3) is 0.481. The quantitative estimate of drug-likeness (QED) is 0.381. The topological polar surface area (TPSA) is 176 Å². The standard InChI is InChI=1S/C27H31FN4O9/c1-2-40-26(39)32-12-10-31(11-13-32)24(36)19(6-7-22(33)34)30-23(35)20-15-21(41-27(25(37)38)8-3-9-27)17-14-16(28)4-5-18(17)29-20/h4-5,14-15,19H,2-3,6-13H2,1H3,(H,30,35)(H,33,34)(H,37,38). The molecule has 1 saturated carbocycles. The van der Waals surface area contributed by atoms with Crippen molar-refractivity contribution < 1.29 is 48.0 Å². The average Bonchev–Trinajstić information content (AvgIpc) is 2.92. The average molecular weight is 575 g/mol. The normalized spacial score (nSPS) is 16.8. The van der Waals surface area contributed by atoms with Crippen LogP contribution in [-0.2, 0) is 19.1 Å². The molecule has 1 aliphatic heterocycles. The summed E-state index contributed by atoms with van der Waals surface area (Å²) in [4.78, 5) is 69.0. The minimum Gasteiger partial charge on any atom is -0.481 e. The number of ether oxygens (including phenoxy) is 2. The molecule has 14 heteroatoms. The van der Waals surface area contributed by atoms with Crippen molar-refractivity contribution >= 4 is 40.7 Å². The van der Waals surface area contributed by atoms with Crippen LogP contribution in [0.3, 0.4) is 0 Å². The number of carbonyl (C=O) groups is 5. The molecule has 1 aromatic heterocycles. The first-order valence-corrected chi connectivity index (χ1v) is 13.3. The lowest BCUT2D eigenvalue weighted by molar-refractivity contribution is -0.163. The Bertz CT molecular complexity index is 1360. The Labute approximate surface area is 234 Å². The third-order valence-corrected chi connectivity index (χ3v) is 7.19. The Morgan fingerprint density at radius 3 is 2.34 bits per heavy atom. The number of carbonyl (C=O) groups excluding carboxylic acids is 3. The van der Waals surface area contributed by atoms with E-state index in [9.17, 15) is 38.6 Å². The first-order valence-electron chi connectivity index (χ1n) is 13.3. The Kier molecular flexibility index (Phi) is 8.89. The monoisotopic (exact) mass is 574 g/mol. The summed E-state index contributed by atoms with van der Waals surface area (Å²) in [5.41, 5.74) is -1.57. The van der Waals surface area contributed by atoms with E-state index in [-0.39, 0.29) is 74.4 Å². The Hall–Kier alpha value is -4.49. The van der Waals surface area contributed by atoms with E-state index in [0.29, 0.717) is 6.42 Å². The van der Waals surface area contributed by atoms with Gasteiger partial charge in [0.2, 0.25) is 11.5 Å². The van der Waals surface area contributed by atoms with Crippen molar-refractivity contribution in [1.82, 2.24) is 20.1 Å². The smallest absolute Gasteiger partial charge is 0.409 e. The number of hydrogen-bond donors (Lipinski definition) is 3. The van der Waals surface area contributed by atoms with Gasteiger partial charge < -0.3 is 34.8 Å². The number of rotatable bonds is 10. The molecule has 1 aromatic carbocycles. The number of amides is 3. The largest absolute Gasteiger partial charge is 0.481 e. The Balaban J connectivity index is 1.56. The molecule has 3 N–H and O–H groups in total. The van der Waals surface area contributed by atoms with E-state index in [1.807, 2.05) is 0 Å². The van der Waals surface area contributed by atoms with Crippen molar-refractivity contribution in [3.63, 3.8) is 0 Å². The highest BCUT2D eigenvalue weighted by Crippen LogP contribution is 2.39. The fourth-order valence-corrected chi connectivity index (χ4v) is 4.74. The van der Waals surface area contributed by atoms with E-state index in [4.69, 9.17) is 9.47 Å². The molecular formula is C27H31FN4O9. The van der Waals surface area contributed by atoms with E-state index >= 15 is 0 Å². The maximum atomic E-state index is 14.1. The molecule has 2 heterocycles. The molecule has 3 amide bonds. The predicted molar refractivity (Wildman–Crippen MR) is 140 cm³/mol. The van der Waals surface area contributed by atoms with Crippen LogP contribution >= 0.6 is 0 Å². The molecule has 41 heavy (non-hydrogen) atoms. The van der Waals surface area contributed by atoms with Crippen molar-refractivity contribution in [2.45, 2.75) is 50.7 Å². The summed E-state index contributed by atoms with van der Waals surface area (Å²) in [6.45, 7) is 2.63. The summed E-state index contributed by atoms with van der Waals surface area (Å²) in [6.07, 6.45) is -0.0153. The first kappa shape index (κ1) is 29.5. The number of nitrogens with one attached hydrogen (secondary N) is 1. The van der Waals surface area contributed by atoms with Gasteiger partial charge in [-0.1, -0.05) is 0 Å². The summed E-state index contributed by atoms with van der Waals surface area (Å²) in [6, 6.07) is 3.55. The molecule has 220 valence electrons. The lowest BCUT2D eigenvalue weighted by atomic mass is 9.80. The van der Waals surface area contributed by atoms with Gasteiger partial charge in [-0.3, -0.25) is 14.4 Å². The number of benzene rings is 1. The second-order valence-electron chi connectivity index (χ2n) is 9.89. The molecule has 13 nitrogen and oxygen atoms in total. The van der Waals surface area contributed by atoms with Gasteiger partial charge in [0.1, 0.15) is 23.3 Å². The summed E-state index contributed by atoms with van der Waals surface area (Å²) >= 11 is 0. The zero-order valence-corrected chi connectivity index (χ0v) is 22.4. The molecule has 4 rings (SSSR count). The van der Waals surface area contributed by atoms with Crippen molar-refractivity contribution in [3.05, 3.63) is 35.8 Å². The van der Waals surface area contributed by atoms with E-state index in [0.717, 1.165) is 12.1 Å². The molecule has 2 aromatic rings. The van der Waals surface area contributed by atoms with Gasteiger partial charge in [0.15, 0.2) is 0 Å². The molecule has 2 aliphatic rings. The number of carboxylic acids is 2. The minimum atomic E-state index is -1.51. The summed E-state index contributed by atoms with van der Waals surface area (Å²) < 4.78 is 24.9. The van der Waals surface area contributed by atoms with Crippen molar-refractivity contribution in [3.8, 4) is 5.75 Å². The van der Waals surface area contributed by atoms with Crippen molar-refractivity contribution in [2.24, 2.45) is 0 Å². The van der Waals surface area contributed by atoms with Crippen LogP contribution in [0.4, 0.5) is 9.18 Å². The van der Waals surface area contributed by atoms with Crippen LogP contribution in [0.1, 0.15) is 49.5 Å². The van der Waals surface area contributed by atoms with Gasteiger partial charge in [-0.05, 0) is 50.8 Å². The molecule has 0 radical (unpaired) electrons. The van der Waals surface area contributed by atoms with Crippen LogP contribution in [0.25, 0.3) is 10.9 Å². The highest BCUT2D eigenvalue weighted by molar-refractivity contribution is 5.99. The lowest BCUT2D eigenvalue weighted by Gasteiger charge is -2.38. The van der Waals surface area contributed by atoms with Crippen LogP contribution in [0.2, 0.25) is 0 Å². The minimum absolute atomic E-state index is 0.0507. The second kappa shape index (κ2) is 12.4. The maximum Gasteiger partial charge on any atom is 0.409 e. The number of aliphatic carboxylic acids is 2. The number of halogens is 1. The van der Waals surface area contributed by atoms with Gasteiger partial charge in [-0.25, -0.2) is 19.0 Å². The zero-order chi connectivity index (χ0) is 29.7. The molecule has 1 unspecified atom stereocenters. The predicted octanol–water partition coefficient (Wildman–Crippen LogP) is 2.02. The van der Waals surface area contributed by atoms with Gasteiger partial charge in [0, 0.05) is 44.1 Å². The highest BCUT2D eigenvalue weighted by atomic mass is 19.1. The number of pyridine rings is 1. The maximum absolute atomic E-state index is 14.1. The third kappa shape index (κ3) is 6.64. The molecular weight excluding hydrogens is 543 g/mol. The molecule has 1 atom stereocenters. The molecule has 0 bridgehead atoms. The van der Waals surface area contributed by atoms with Crippen LogP contribution in [0.15, 0.2) is 24.3 Å². The Morgan fingerprint density at radius 1 is 1.07 bits per heavy atom. The molecule has 2 fully saturated rings. The second-order valence-corrected chi connectivity index (χ2v) is 9.89. The summed E-state index contributed by atoms with van der Waals surface area (Å²) in [7, 11) is 0. The molecule has 1 aliphatic carbocycles. The van der Waals surface area contributed by atoms with Crippen molar-refractivity contribution in [2.75, 3.05) is 32.8 Å². The van der Waals surface area contributed by atoms with Crippen LogP contribution in [0, 0.1) is 5.82 Å². The van der Waals surface area contributed by atoms with Gasteiger partial charge in [-0.2, -0.15) is 0 Å². The molecule has 0 spiro atoms. The van der Waals surface area contributed by atoms with E-state index in [1.54, 1.807) is 6.92 Å². The number of piperazine rings is 1. The number of hydrogen-bond acceptors (Lipinski definition) is 8. The van der Waals surface area contributed by atoms with Crippen LogP contribution < -0.4 is 10.1 Å². The first-order chi connectivity index (χ1) is 19.5. The summed E-state index contributed by atoms with van der Waals surface area (Å²) in [5, 5.41) is 21.6. The van der Waals surface area contributed by atoms with E-state index in [1.165, 1.54) is 21.9 Å². The molecule has 1 saturated heterocycles. The SMILES string of the molecule is CCOC(=O)N1CCN(C(=O)C(CCC(=O)O)NC(=O)c2cc(OC3(C(=O)O)CCC3)c3cc(F)ccc3n2)CC1. The van der Waals surface area contributed by atoms with Gasteiger partial charge in [-0.15, -0.1) is 0 Å². The number of nitrogens with zero attached hydrogens (tertiary/aromatic N) is 3. The van der Waals surface area contributed by atoms with E-state index < -0.39 is 53.7 Å². The Morgan fingerprint density at radius 2 is 1.76 bits per heavy atom.